The fourth-order valence-electron chi connectivity index (χ4n) is 2.30. The maximum absolute atomic E-state index is 12.0. The second-order valence-corrected chi connectivity index (χ2v) is 6.24. The zero-order valence-electron chi connectivity index (χ0n) is 15.2. The Morgan fingerprint density at radius 2 is 1.73 bits per heavy atom. The first-order valence-corrected chi connectivity index (χ1v) is 8.84. The summed E-state index contributed by atoms with van der Waals surface area (Å²) in [6, 6.07) is 17.9. The number of carbonyl (C=O) groups is 2. The summed E-state index contributed by atoms with van der Waals surface area (Å²) >= 11 is 5.94. The minimum Gasteiger partial charge on any atom is -0.338 e. The molecule has 0 spiro atoms. The van der Waals surface area contributed by atoms with Crippen LogP contribution in [0.15, 0.2) is 83.0 Å². The minimum atomic E-state index is -0.713. The van der Waals surface area contributed by atoms with Crippen LogP contribution < -0.4 is 5.48 Å². The Balaban J connectivity index is 1.59. The van der Waals surface area contributed by atoms with Crippen LogP contribution in [-0.4, -0.2) is 16.8 Å². The van der Waals surface area contributed by atoms with Gasteiger partial charge in [-0.05, 0) is 42.5 Å². The number of azo groups is 1. The van der Waals surface area contributed by atoms with Gasteiger partial charge in [-0.2, -0.15) is 0 Å². The van der Waals surface area contributed by atoms with Gasteiger partial charge in [0.1, 0.15) is 0 Å². The SMILES string of the molecule is O=C(N=Nc1ccc(NOC(=O)c2ccccc2Cl)cc1)c1cccc([N+](=O)[O-])c1. The summed E-state index contributed by atoms with van der Waals surface area (Å²) in [5.41, 5.74) is 3.37. The fraction of sp³-hybridized carbons (Fsp3) is 0. The van der Waals surface area contributed by atoms with E-state index in [1.807, 2.05) is 0 Å². The highest BCUT2D eigenvalue weighted by Crippen LogP contribution is 2.20. The van der Waals surface area contributed by atoms with E-state index in [9.17, 15) is 19.7 Å². The summed E-state index contributed by atoms with van der Waals surface area (Å²) in [6.45, 7) is 0. The van der Waals surface area contributed by atoms with E-state index in [0.717, 1.165) is 6.07 Å². The van der Waals surface area contributed by atoms with Crippen molar-refractivity contribution >= 4 is 40.5 Å². The van der Waals surface area contributed by atoms with Gasteiger partial charge in [0.05, 0.1) is 32.4 Å². The zero-order chi connectivity index (χ0) is 21.5. The number of benzene rings is 3. The van der Waals surface area contributed by atoms with Crippen molar-refractivity contribution in [1.29, 1.82) is 0 Å². The molecule has 0 aliphatic rings. The minimum absolute atomic E-state index is 0.0534. The number of nitro groups is 1. The van der Waals surface area contributed by atoms with E-state index >= 15 is 0 Å². The summed E-state index contributed by atoms with van der Waals surface area (Å²) in [4.78, 5) is 39.2. The van der Waals surface area contributed by atoms with Crippen molar-refractivity contribution in [1.82, 2.24) is 0 Å². The maximum atomic E-state index is 12.0. The van der Waals surface area contributed by atoms with E-state index in [1.165, 1.54) is 36.4 Å². The van der Waals surface area contributed by atoms with Crippen LogP contribution in [0, 0.1) is 10.1 Å². The molecule has 30 heavy (non-hydrogen) atoms. The van der Waals surface area contributed by atoms with Crippen LogP contribution in [0.1, 0.15) is 20.7 Å². The molecule has 0 saturated carbocycles. The first-order valence-electron chi connectivity index (χ1n) is 8.46. The Hall–Kier alpha value is -4.11. The summed E-state index contributed by atoms with van der Waals surface area (Å²) in [7, 11) is 0. The number of nitrogens with one attached hydrogen (secondary N) is 1. The van der Waals surface area contributed by atoms with Crippen molar-refractivity contribution in [2.75, 3.05) is 5.48 Å². The first kappa shape index (κ1) is 20.6. The van der Waals surface area contributed by atoms with E-state index in [0.29, 0.717) is 11.4 Å². The van der Waals surface area contributed by atoms with Gasteiger partial charge in [0, 0.05) is 12.1 Å². The largest absolute Gasteiger partial charge is 0.364 e. The number of hydrogen-bond donors (Lipinski definition) is 1. The number of hydrogen-bond acceptors (Lipinski definition) is 7. The highest BCUT2D eigenvalue weighted by atomic mass is 35.5. The average Bonchev–Trinajstić information content (AvgIpc) is 2.77. The lowest BCUT2D eigenvalue weighted by Gasteiger charge is -2.07. The third-order valence-electron chi connectivity index (χ3n) is 3.78. The molecule has 150 valence electrons. The van der Waals surface area contributed by atoms with E-state index < -0.39 is 16.8 Å². The van der Waals surface area contributed by atoms with Crippen molar-refractivity contribution in [3.05, 3.63) is 99.1 Å². The van der Waals surface area contributed by atoms with Gasteiger partial charge in [-0.25, -0.2) is 10.3 Å². The number of carbonyl (C=O) groups excluding carboxylic acids is 2. The maximum Gasteiger partial charge on any atom is 0.364 e. The van der Waals surface area contributed by atoms with Crippen molar-refractivity contribution < 1.29 is 19.3 Å². The smallest absolute Gasteiger partial charge is 0.338 e. The Bertz CT molecular complexity index is 1130. The van der Waals surface area contributed by atoms with Gasteiger partial charge < -0.3 is 4.84 Å². The summed E-state index contributed by atoms with van der Waals surface area (Å²) in [5.74, 6) is -1.36. The van der Waals surface area contributed by atoms with Crippen molar-refractivity contribution in [3.8, 4) is 0 Å². The fourth-order valence-corrected chi connectivity index (χ4v) is 2.51. The van der Waals surface area contributed by atoms with Crippen LogP contribution in [-0.2, 0) is 4.84 Å². The molecule has 3 aromatic carbocycles. The number of halogens is 1. The van der Waals surface area contributed by atoms with Crippen LogP contribution in [0.3, 0.4) is 0 Å². The van der Waals surface area contributed by atoms with Crippen LogP contribution in [0.5, 0.6) is 0 Å². The van der Waals surface area contributed by atoms with Crippen molar-refractivity contribution in [3.63, 3.8) is 0 Å². The molecule has 1 amide bonds. The molecule has 0 heterocycles. The second kappa shape index (κ2) is 9.39. The molecule has 0 radical (unpaired) electrons. The van der Waals surface area contributed by atoms with Gasteiger partial charge in [-0.3, -0.25) is 14.9 Å². The molecular formula is C20H13ClN4O5. The van der Waals surface area contributed by atoms with Crippen molar-refractivity contribution in [2.24, 2.45) is 10.2 Å². The monoisotopic (exact) mass is 424 g/mol. The lowest BCUT2D eigenvalue weighted by Crippen LogP contribution is -2.11. The quantitative estimate of drug-likeness (QED) is 0.323. The number of amides is 1. The summed E-state index contributed by atoms with van der Waals surface area (Å²) in [6.07, 6.45) is 0. The molecule has 3 rings (SSSR count). The summed E-state index contributed by atoms with van der Waals surface area (Å²) < 4.78 is 0. The molecule has 9 nitrogen and oxygen atoms in total. The van der Waals surface area contributed by atoms with E-state index in [1.54, 1.807) is 30.3 Å². The van der Waals surface area contributed by atoms with Gasteiger partial charge in [0.15, 0.2) is 0 Å². The van der Waals surface area contributed by atoms with Crippen molar-refractivity contribution in [2.45, 2.75) is 0 Å². The molecule has 0 aromatic heterocycles. The van der Waals surface area contributed by atoms with E-state index in [-0.39, 0.29) is 21.8 Å². The number of nitro benzene ring substituents is 1. The van der Waals surface area contributed by atoms with Gasteiger partial charge in [-0.1, -0.05) is 29.8 Å². The zero-order valence-corrected chi connectivity index (χ0v) is 15.9. The number of anilines is 1. The highest BCUT2D eigenvalue weighted by Gasteiger charge is 2.12. The Labute approximate surface area is 175 Å². The molecule has 0 saturated heterocycles. The average molecular weight is 425 g/mol. The normalized spacial score (nSPS) is 10.6. The standard InChI is InChI=1S/C20H13ClN4O5/c21-18-7-2-1-6-17(18)20(27)30-24-15-10-8-14(9-11-15)22-23-19(26)13-4-3-5-16(12-13)25(28)29/h1-12,24H. The van der Waals surface area contributed by atoms with Gasteiger partial charge in [0.2, 0.25) is 0 Å². The van der Waals surface area contributed by atoms with Gasteiger partial charge in [0.25, 0.3) is 11.6 Å². The predicted octanol–water partition coefficient (Wildman–Crippen LogP) is 5.36. The van der Waals surface area contributed by atoms with Gasteiger partial charge in [-0.15, -0.1) is 10.2 Å². The third kappa shape index (κ3) is 5.24. The van der Waals surface area contributed by atoms with Crippen LogP contribution in [0.2, 0.25) is 5.02 Å². The molecule has 0 unspecified atom stereocenters. The van der Waals surface area contributed by atoms with Gasteiger partial charge >= 0.3 is 5.97 Å². The molecule has 0 atom stereocenters. The molecule has 0 bridgehead atoms. The second-order valence-electron chi connectivity index (χ2n) is 5.83. The lowest BCUT2D eigenvalue weighted by molar-refractivity contribution is -0.384. The lowest BCUT2D eigenvalue weighted by atomic mass is 10.2. The van der Waals surface area contributed by atoms with E-state index in [2.05, 4.69) is 15.7 Å². The van der Waals surface area contributed by atoms with Crippen LogP contribution in [0.25, 0.3) is 0 Å². The predicted molar refractivity (Wildman–Crippen MR) is 109 cm³/mol. The molecule has 0 fully saturated rings. The Morgan fingerprint density at radius 1 is 1.00 bits per heavy atom. The number of nitrogens with zero attached hydrogens (tertiary/aromatic N) is 3. The van der Waals surface area contributed by atoms with E-state index in [4.69, 9.17) is 16.4 Å². The Morgan fingerprint density at radius 3 is 2.43 bits per heavy atom. The van der Waals surface area contributed by atoms with Crippen LogP contribution >= 0.6 is 11.6 Å². The first-order chi connectivity index (χ1) is 14.4. The highest BCUT2D eigenvalue weighted by molar-refractivity contribution is 6.33. The third-order valence-corrected chi connectivity index (χ3v) is 4.11. The Kier molecular flexibility index (Phi) is 6.46. The van der Waals surface area contributed by atoms with Crippen LogP contribution in [0.4, 0.5) is 17.1 Å². The molecule has 10 heteroatoms. The molecule has 1 N–H and O–H groups in total. The summed E-state index contributed by atoms with van der Waals surface area (Å²) in [5, 5.41) is 18.4. The topological polar surface area (TPSA) is 123 Å². The molecular weight excluding hydrogens is 412 g/mol. The number of rotatable bonds is 6. The molecule has 0 aliphatic heterocycles. The molecule has 3 aromatic rings. The molecule has 0 aliphatic carbocycles. The number of non-ortho nitro benzene ring substituents is 1.